The van der Waals surface area contributed by atoms with Crippen LogP contribution in [0.25, 0.3) is 20.8 Å². The largest absolute Gasteiger partial charge is 0.296 e. The number of aryl methyl sites for hydroxylation is 1. The maximum Gasteiger partial charge on any atom is 0.276 e. The van der Waals surface area contributed by atoms with Crippen molar-refractivity contribution in [2.45, 2.75) is 0 Å². The van der Waals surface area contributed by atoms with Crippen LogP contribution in [0.5, 0.6) is 0 Å². The van der Waals surface area contributed by atoms with Crippen molar-refractivity contribution in [2.75, 3.05) is 5.32 Å². The van der Waals surface area contributed by atoms with Gasteiger partial charge in [-0.15, -0.1) is 11.3 Å². The molecule has 0 spiro atoms. The van der Waals surface area contributed by atoms with Gasteiger partial charge in [0, 0.05) is 30.3 Å². The Hall–Kier alpha value is -2.72. The van der Waals surface area contributed by atoms with E-state index in [0.717, 1.165) is 29.0 Å². The van der Waals surface area contributed by atoms with Gasteiger partial charge in [0.1, 0.15) is 10.7 Å². The number of hydrogen-bond acceptors (Lipinski definition) is 6. The molecule has 0 bridgehead atoms. The second kappa shape index (κ2) is 5.97. The van der Waals surface area contributed by atoms with Gasteiger partial charge >= 0.3 is 0 Å². The average Bonchev–Trinajstić information content (AvgIpc) is 3.27. The molecule has 0 atom stereocenters. The number of anilines is 1. The lowest BCUT2D eigenvalue weighted by Crippen LogP contribution is -2.11. The minimum absolute atomic E-state index is 0.237. The van der Waals surface area contributed by atoms with Gasteiger partial charge in [-0.2, -0.15) is 5.10 Å². The second-order valence-corrected chi connectivity index (χ2v) is 7.04. The number of carbonyl (C=O) groups is 1. The number of rotatable bonds is 3. The van der Waals surface area contributed by atoms with E-state index < -0.39 is 17.5 Å². The number of hydrogen-bond donors (Lipinski definition) is 1. The van der Waals surface area contributed by atoms with E-state index in [4.69, 9.17) is 0 Å². The predicted molar refractivity (Wildman–Crippen MR) is 91.8 cm³/mol. The minimum atomic E-state index is -0.976. The molecule has 0 unspecified atom stereocenters. The number of aromatic nitrogens is 4. The van der Waals surface area contributed by atoms with Crippen molar-refractivity contribution < 1.29 is 13.6 Å². The second-order valence-electron chi connectivity index (χ2n) is 5.15. The van der Waals surface area contributed by atoms with Crippen LogP contribution in [0.4, 0.5) is 13.9 Å². The molecule has 1 N–H and O–H groups in total. The van der Waals surface area contributed by atoms with Crippen LogP contribution in [0.1, 0.15) is 10.5 Å². The monoisotopic (exact) mass is 377 g/mol. The topological polar surface area (TPSA) is 72.7 Å². The van der Waals surface area contributed by atoms with E-state index in [0.29, 0.717) is 9.71 Å². The van der Waals surface area contributed by atoms with Crippen molar-refractivity contribution in [2.24, 2.45) is 7.05 Å². The molecule has 0 aliphatic rings. The van der Waals surface area contributed by atoms with Gasteiger partial charge in [0.05, 0.1) is 16.4 Å². The van der Waals surface area contributed by atoms with Gasteiger partial charge in [-0.25, -0.2) is 18.7 Å². The highest BCUT2D eigenvalue weighted by Gasteiger charge is 2.16. The highest BCUT2D eigenvalue weighted by Crippen LogP contribution is 2.29. The van der Waals surface area contributed by atoms with E-state index in [1.165, 1.54) is 11.3 Å². The molecule has 0 saturated carbocycles. The lowest BCUT2D eigenvalue weighted by atomic mass is 10.3. The number of halogens is 2. The zero-order chi connectivity index (χ0) is 17.6. The molecular formula is C15H9F2N5OS2. The Morgan fingerprint density at radius 3 is 2.80 bits per heavy atom. The molecule has 6 nitrogen and oxygen atoms in total. The number of nitrogens with zero attached hydrogens (tertiary/aromatic N) is 4. The van der Waals surface area contributed by atoms with Crippen molar-refractivity contribution in [1.82, 2.24) is 19.7 Å². The summed E-state index contributed by atoms with van der Waals surface area (Å²) in [6, 6.07) is 2.06. The Morgan fingerprint density at radius 2 is 2.04 bits per heavy atom. The van der Waals surface area contributed by atoms with Crippen LogP contribution in [0, 0.1) is 11.6 Å². The van der Waals surface area contributed by atoms with Gasteiger partial charge in [0.15, 0.2) is 16.8 Å². The summed E-state index contributed by atoms with van der Waals surface area (Å²) in [6.45, 7) is 0. The third-order valence-electron chi connectivity index (χ3n) is 3.34. The van der Waals surface area contributed by atoms with Crippen LogP contribution >= 0.6 is 22.7 Å². The standard InChI is InChI=1S/C15H9F2N5OS2/c1-22-5-7(4-18-22)14-19-11(6-24-14)13(23)21-15-20-10-2-8(16)9(17)3-12(10)25-15/h2-6H,1H3,(H,20,21,23). The molecule has 1 aromatic carbocycles. The van der Waals surface area contributed by atoms with Crippen LogP contribution in [0.3, 0.4) is 0 Å². The van der Waals surface area contributed by atoms with Crippen LogP contribution in [0.2, 0.25) is 0 Å². The van der Waals surface area contributed by atoms with E-state index in [1.807, 2.05) is 0 Å². The number of carbonyl (C=O) groups excluding carboxylic acids is 1. The SMILES string of the molecule is Cn1cc(-c2nc(C(=O)Nc3nc4cc(F)c(F)cc4s3)cs2)cn1. The fourth-order valence-corrected chi connectivity index (χ4v) is 3.82. The lowest BCUT2D eigenvalue weighted by molar-refractivity contribution is 0.102. The predicted octanol–water partition coefficient (Wildman–Crippen LogP) is 3.68. The molecule has 4 aromatic rings. The number of nitrogens with one attached hydrogen (secondary N) is 1. The van der Waals surface area contributed by atoms with E-state index in [1.54, 1.807) is 29.5 Å². The summed E-state index contributed by atoms with van der Waals surface area (Å²) >= 11 is 2.38. The van der Waals surface area contributed by atoms with E-state index in [-0.39, 0.29) is 16.3 Å². The van der Waals surface area contributed by atoms with Crippen molar-refractivity contribution in [3.8, 4) is 10.6 Å². The Morgan fingerprint density at radius 1 is 1.24 bits per heavy atom. The Bertz CT molecular complexity index is 1060. The van der Waals surface area contributed by atoms with Gasteiger partial charge in [0.2, 0.25) is 0 Å². The normalized spacial score (nSPS) is 11.2. The first-order valence-corrected chi connectivity index (χ1v) is 8.71. The summed E-state index contributed by atoms with van der Waals surface area (Å²) in [5.41, 5.74) is 1.34. The van der Waals surface area contributed by atoms with Crippen LogP contribution in [-0.2, 0) is 7.05 Å². The summed E-state index contributed by atoms with van der Waals surface area (Å²) in [5, 5.41) is 9.22. The lowest BCUT2D eigenvalue weighted by Gasteiger charge is -1.96. The zero-order valence-corrected chi connectivity index (χ0v) is 14.3. The fraction of sp³-hybridized carbons (Fsp3) is 0.0667. The first-order valence-electron chi connectivity index (χ1n) is 7.01. The van der Waals surface area contributed by atoms with E-state index >= 15 is 0 Å². The van der Waals surface area contributed by atoms with Crippen LogP contribution in [-0.4, -0.2) is 25.7 Å². The van der Waals surface area contributed by atoms with Crippen LogP contribution in [0.15, 0.2) is 29.9 Å². The highest BCUT2D eigenvalue weighted by molar-refractivity contribution is 7.22. The summed E-state index contributed by atoms with van der Waals surface area (Å²) < 4.78 is 28.6. The van der Waals surface area contributed by atoms with Gasteiger partial charge in [-0.1, -0.05) is 11.3 Å². The first kappa shape index (κ1) is 15.8. The van der Waals surface area contributed by atoms with Crippen molar-refractivity contribution in [3.63, 3.8) is 0 Å². The zero-order valence-electron chi connectivity index (χ0n) is 12.7. The van der Waals surface area contributed by atoms with Gasteiger partial charge in [-0.05, 0) is 6.07 Å². The molecule has 25 heavy (non-hydrogen) atoms. The fourth-order valence-electron chi connectivity index (χ4n) is 2.18. The van der Waals surface area contributed by atoms with Gasteiger partial charge in [-0.3, -0.25) is 14.8 Å². The molecule has 0 radical (unpaired) electrons. The smallest absolute Gasteiger partial charge is 0.276 e. The highest BCUT2D eigenvalue weighted by atomic mass is 32.1. The third kappa shape index (κ3) is 3.01. The molecule has 0 aliphatic heterocycles. The van der Waals surface area contributed by atoms with Crippen molar-refractivity contribution >= 4 is 43.9 Å². The number of amides is 1. The summed E-state index contributed by atoms with van der Waals surface area (Å²) in [7, 11) is 1.80. The minimum Gasteiger partial charge on any atom is -0.296 e. The van der Waals surface area contributed by atoms with Gasteiger partial charge in [0.25, 0.3) is 5.91 Å². The third-order valence-corrected chi connectivity index (χ3v) is 5.16. The summed E-state index contributed by atoms with van der Waals surface area (Å²) in [5.74, 6) is -2.36. The number of thiazole rings is 2. The Kier molecular flexibility index (Phi) is 3.77. The molecule has 0 fully saturated rings. The molecule has 0 aliphatic carbocycles. The Labute approximate surface area is 147 Å². The average molecular weight is 377 g/mol. The molecule has 0 saturated heterocycles. The quantitative estimate of drug-likeness (QED) is 0.591. The maximum atomic E-state index is 13.3. The molecular weight excluding hydrogens is 368 g/mol. The van der Waals surface area contributed by atoms with E-state index in [2.05, 4.69) is 20.4 Å². The number of benzene rings is 1. The van der Waals surface area contributed by atoms with E-state index in [9.17, 15) is 13.6 Å². The summed E-state index contributed by atoms with van der Waals surface area (Å²) in [4.78, 5) is 20.7. The summed E-state index contributed by atoms with van der Waals surface area (Å²) in [6.07, 6.45) is 3.47. The molecule has 1 amide bonds. The molecule has 126 valence electrons. The molecule has 3 heterocycles. The molecule has 3 aromatic heterocycles. The van der Waals surface area contributed by atoms with Crippen molar-refractivity contribution in [1.29, 1.82) is 0 Å². The van der Waals surface area contributed by atoms with Crippen LogP contribution < -0.4 is 5.32 Å². The number of fused-ring (bicyclic) bond motifs is 1. The molecule has 4 rings (SSSR count). The van der Waals surface area contributed by atoms with Crippen molar-refractivity contribution in [3.05, 3.63) is 47.2 Å². The first-order chi connectivity index (χ1) is 12.0. The Balaban J connectivity index is 1.57. The molecule has 10 heteroatoms. The van der Waals surface area contributed by atoms with Gasteiger partial charge < -0.3 is 0 Å². The maximum absolute atomic E-state index is 13.3.